The average molecular weight is 524 g/mol. The number of halogens is 5. The van der Waals surface area contributed by atoms with Gasteiger partial charge in [0.2, 0.25) is 6.39 Å². The molecule has 4 aromatic heterocycles. The van der Waals surface area contributed by atoms with Gasteiger partial charge in [0.05, 0.1) is 0 Å². The maximum atomic E-state index is 14.8. The lowest BCUT2D eigenvalue weighted by Gasteiger charge is -2.25. The molecule has 14 heteroatoms. The highest BCUT2D eigenvalue weighted by Gasteiger charge is 2.59. The third kappa shape index (κ3) is 4.44. The number of aromatic nitrogens is 5. The third-order valence-electron chi connectivity index (χ3n) is 5.95. The van der Waals surface area contributed by atoms with Crippen LogP contribution >= 0.6 is 0 Å². The van der Waals surface area contributed by atoms with E-state index in [2.05, 4.69) is 20.2 Å². The van der Waals surface area contributed by atoms with Gasteiger partial charge < -0.3 is 14.1 Å². The first kappa shape index (κ1) is 24.8. The van der Waals surface area contributed by atoms with Gasteiger partial charge >= 0.3 is 18.2 Å². The van der Waals surface area contributed by atoms with E-state index >= 15 is 0 Å². The fraction of sp³-hybridized carbons (Fsp3) is 0.435. The minimum absolute atomic E-state index is 0.00183. The molecule has 1 amide bonds. The molecule has 1 saturated heterocycles. The van der Waals surface area contributed by atoms with E-state index < -0.39 is 40.7 Å². The Balaban J connectivity index is 1.64. The number of hydrogen-bond acceptors (Lipinski definition) is 7. The van der Waals surface area contributed by atoms with Crippen LogP contribution in [0.4, 0.5) is 26.7 Å². The molecule has 5 rings (SSSR count). The summed E-state index contributed by atoms with van der Waals surface area (Å²) in [5.74, 6) is -5.71. The maximum absolute atomic E-state index is 14.8. The topological polar surface area (TPSA) is 98.7 Å². The van der Waals surface area contributed by atoms with Crippen LogP contribution in [0.25, 0.3) is 28.3 Å². The molecule has 0 bridgehead atoms. The Morgan fingerprint density at radius 1 is 1.14 bits per heavy atom. The van der Waals surface area contributed by atoms with Gasteiger partial charge in [0.25, 0.3) is 5.89 Å². The number of amides is 1. The van der Waals surface area contributed by atoms with E-state index in [1.165, 1.54) is 21.6 Å². The Kier molecular flexibility index (Phi) is 5.60. The lowest BCUT2D eigenvalue weighted by molar-refractivity contribution is -0.288. The summed E-state index contributed by atoms with van der Waals surface area (Å²) in [5, 5.41) is 6.92. The highest BCUT2D eigenvalue weighted by molar-refractivity contribution is 5.84. The fourth-order valence-corrected chi connectivity index (χ4v) is 4.25. The summed E-state index contributed by atoms with van der Waals surface area (Å²) >= 11 is 0. The number of imidazole rings is 1. The first-order valence-corrected chi connectivity index (χ1v) is 11.3. The number of nitrogens with zero attached hydrogens (tertiary/aromatic N) is 6. The van der Waals surface area contributed by atoms with Gasteiger partial charge in [-0.05, 0) is 45.4 Å². The maximum Gasteiger partial charge on any atom is 0.458 e. The Morgan fingerprint density at radius 2 is 1.89 bits per heavy atom. The Bertz CT molecular complexity index is 1480. The van der Waals surface area contributed by atoms with Crippen molar-refractivity contribution >= 4 is 22.8 Å². The summed E-state index contributed by atoms with van der Waals surface area (Å²) in [4.78, 5) is 22.6. The molecule has 1 aliphatic rings. The Hall–Kier alpha value is -3.84. The van der Waals surface area contributed by atoms with Crippen LogP contribution in [0, 0.1) is 0 Å². The molecule has 196 valence electrons. The number of carbonyl (C=O) groups excluding carboxylic acids is 1. The minimum atomic E-state index is -5.84. The van der Waals surface area contributed by atoms with E-state index in [1.807, 2.05) is 0 Å². The van der Waals surface area contributed by atoms with Gasteiger partial charge in [0.15, 0.2) is 0 Å². The average Bonchev–Trinajstić information content (AvgIpc) is 3.56. The van der Waals surface area contributed by atoms with Gasteiger partial charge in [-0.3, -0.25) is 4.40 Å². The third-order valence-corrected chi connectivity index (χ3v) is 5.95. The van der Waals surface area contributed by atoms with Gasteiger partial charge in [0.1, 0.15) is 22.6 Å². The summed E-state index contributed by atoms with van der Waals surface area (Å²) in [6.07, 6.45) is -3.68. The minimum Gasteiger partial charge on any atom is -0.444 e. The summed E-state index contributed by atoms with van der Waals surface area (Å²) < 4.78 is 81.8. The molecule has 0 radical (unpaired) electrons. The predicted molar refractivity (Wildman–Crippen MR) is 119 cm³/mol. The number of ether oxygens (including phenoxy) is 1. The highest BCUT2D eigenvalue weighted by Crippen LogP contribution is 2.47. The second kappa shape index (κ2) is 8.35. The number of hydrogen-bond donors (Lipinski definition) is 0. The van der Waals surface area contributed by atoms with Crippen LogP contribution < -0.4 is 0 Å². The molecule has 5 heterocycles. The molecule has 9 nitrogen and oxygen atoms in total. The van der Waals surface area contributed by atoms with Gasteiger partial charge in [-0.25, -0.2) is 14.8 Å². The molecule has 1 unspecified atom stereocenters. The van der Waals surface area contributed by atoms with Crippen LogP contribution in [-0.2, 0) is 10.7 Å². The first-order chi connectivity index (χ1) is 17.2. The van der Waals surface area contributed by atoms with E-state index in [9.17, 15) is 26.7 Å². The van der Waals surface area contributed by atoms with Crippen LogP contribution in [0.1, 0.15) is 44.4 Å². The molecule has 0 spiro atoms. The Morgan fingerprint density at radius 3 is 2.54 bits per heavy atom. The van der Waals surface area contributed by atoms with Crippen molar-refractivity contribution in [1.82, 2.24) is 29.5 Å². The van der Waals surface area contributed by atoms with Crippen molar-refractivity contribution in [3.05, 3.63) is 42.0 Å². The van der Waals surface area contributed by atoms with Crippen molar-refractivity contribution < 1.29 is 35.9 Å². The SMILES string of the molecule is CC(C)(C)OC(=O)N1CCC(c2cc(C(F)(F)C(F)(F)F)c3ccc4nc(-c5nnco5)cn4c3n2)C1. The largest absolute Gasteiger partial charge is 0.458 e. The van der Waals surface area contributed by atoms with Crippen LogP contribution in [-0.4, -0.2) is 60.4 Å². The zero-order chi connectivity index (χ0) is 26.8. The monoisotopic (exact) mass is 524 g/mol. The quantitative estimate of drug-likeness (QED) is 0.335. The van der Waals surface area contributed by atoms with Gasteiger partial charge in [-0.15, -0.1) is 10.2 Å². The summed E-state index contributed by atoms with van der Waals surface area (Å²) in [6, 6.07) is 3.21. The van der Waals surface area contributed by atoms with Crippen molar-refractivity contribution in [2.45, 2.75) is 50.8 Å². The van der Waals surface area contributed by atoms with E-state index in [-0.39, 0.29) is 41.7 Å². The zero-order valence-corrected chi connectivity index (χ0v) is 19.9. The molecular formula is C23H21F5N6O3. The summed E-state index contributed by atoms with van der Waals surface area (Å²) in [6.45, 7) is 5.40. The molecule has 0 aromatic carbocycles. The zero-order valence-electron chi connectivity index (χ0n) is 19.9. The van der Waals surface area contributed by atoms with Gasteiger partial charge in [-0.2, -0.15) is 22.0 Å². The van der Waals surface area contributed by atoms with E-state index in [1.54, 1.807) is 20.8 Å². The molecule has 1 fully saturated rings. The van der Waals surface area contributed by atoms with Crippen molar-refractivity contribution in [2.75, 3.05) is 13.1 Å². The van der Waals surface area contributed by atoms with Gasteiger partial charge in [-0.1, -0.05) is 0 Å². The molecule has 1 atom stereocenters. The number of likely N-dealkylation sites (tertiary alicyclic amines) is 1. The van der Waals surface area contributed by atoms with Crippen LogP contribution in [0.3, 0.4) is 0 Å². The van der Waals surface area contributed by atoms with E-state index in [0.717, 1.165) is 18.5 Å². The van der Waals surface area contributed by atoms with Crippen molar-refractivity contribution in [3.63, 3.8) is 0 Å². The number of rotatable bonds is 3. The molecular weight excluding hydrogens is 503 g/mol. The normalized spacial score (nSPS) is 17.2. The molecule has 0 aliphatic carbocycles. The summed E-state index contributed by atoms with van der Waals surface area (Å²) in [5.41, 5.74) is -1.71. The van der Waals surface area contributed by atoms with Crippen molar-refractivity contribution in [1.29, 1.82) is 0 Å². The fourth-order valence-electron chi connectivity index (χ4n) is 4.25. The van der Waals surface area contributed by atoms with Crippen molar-refractivity contribution in [3.8, 4) is 11.6 Å². The highest BCUT2D eigenvalue weighted by atomic mass is 19.4. The number of pyridine rings is 2. The van der Waals surface area contributed by atoms with Gasteiger partial charge in [0, 0.05) is 41.8 Å². The molecule has 1 aliphatic heterocycles. The second-order valence-corrected chi connectivity index (χ2v) is 9.75. The van der Waals surface area contributed by atoms with Crippen LogP contribution in [0.5, 0.6) is 0 Å². The number of alkyl halides is 5. The van der Waals surface area contributed by atoms with Crippen molar-refractivity contribution in [2.24, 2.45) is 0 Å². The Labute approximate surface area is 206 Å². The van der Waals surface area contributed by atoms with Crippen LogP contribution in [0.15, 0.2) is 35.2 Å². The lowest BCUT2D eigenvalue weighted by atomic mass is 9.97. The lowest BCUT2D eigenvalue weighted by Crippen LogP contribution is -2.35. The predicted octanol–water partition coefficient (Wildman–Crippen LogP) is 5.31. The van der Waals surface area contributed by atoms with E-state index in [0.29, 0.717) is 6.42 Å². The molecule has 37 heavy (non-hydrogen) atoms. The molecule has 4 aromatic rings. The summed E-state index contributed by atoms with van der Waals surface area (Å²) in [7, 11) is 0. The molecule has 0 N–H and O–H groups in total. The first-order valence-electron chi connectivity index (χ1n) is 11.3. The standard InChI is InChI=1S/C23H21F5N6O3/c1-21(2,3)37-20(35)33-7-6-12(9-33)15-8-14(22(24,25)23(26,27)28)13-4-5-17-30-16(19-32-29-11-36-19)10-34(17)18(13)31-15/h4-5,8,10-12H,6-7,9H2,1-3H3. The van der Waals surface area contributed by atoms with E-state index in [4.69, 9.17) is 9.15 Å². The number of carbonyl (C=O) groups is 1. The van der Waals surface area contributed by atoms with Crippen LogP contribution in [0.2, 0.25) is 0 Å². The number of fused-ring (bicyclic) bond motifs is 3. The second-order valence-electron chi connectivity index (χ2n) is 9.75. The smallest absolute Gasteiger partial charge is 0.444 e. The molecule has 0 saturated carbocycles.